The number of nitrogens with zero attached hydrogens (tertiary/aromatic N) is 1. The Kier molecular flexibility index (Phi) is 6.04. The average molecular weight is 466 g/mol. The Morgan fingerprint density at radius 3 is 1.81 bits per heavy atom. The van der Waals surface area contributed by atoms with Crippen LogP contribution in [0.2, 0.25) is 0 Å². The van der Waals surface area contributed by atoms with Gasteiger partial charge in [0.05, 0.1) is 0 Å². The van der Waals surface area contributed by atoms with Gasteiger partial charge in [0.2, 0.25) is 0 Å². The van der Waals surface area contributed by atoms with Crippen molar-refractivity contribution in [3.05, 3.63) is 29.8 Å². The molecule has 1 aromatic rings. The molecule has 0 radical (unpaired) electrons. The quantitative estimate of drug-likeness (QED) is 0.637. The monoisotopic (exact) mass is 466 g/mol. The fraction of sp³-hybridized carbons (Fsp3) is 0.529. The first-order valence-electron chi connectivity index (χ1n) is 8.61. The van der Waals surface area contributed by atoms with Gasteiger partial charge in [-0.1, -0.05) is 0 Å². The van der Waals surface area contributed by atoms with Gasteiger partial charge in [-0.3, -0.25) is 14.3 Å². The van der Waals surface area contributed by atoms with Gasteiger partial charge in [-0.2, -0.15) is 39.5 Å². The number of nitrogens with one attached hydrogen (secondary N) is 1. The normalized spacial score (nSPS) is 24.0. The van der Waals surface area contributed by atoms with E-state index in [0.717, 1.165) is 24.3 Å². The molecule has 1 heterocycles. The van der Waals surface area contributed by atoms with Crippen LogP contribution in [-0.4, -0.2) is 59.5 Å². The summed E-state index contributed by atoms with van der Waals surface area (Å²) in [6, 6.07) is 3.80. The third-order valence-corrected chi connectivity index (χ3v) is 4.56. The number of benzene rings is 1. The fourth-order valence-electron chi connectivity index (χ4n) is 2.70. The van der Waals surface area contributed by atoms with Gasteiger partial charge >= 0.3 is 35.6 Å². The van der Waals surface area contributed by atoms with E-state index in [2.05, 4.69) is 4.74 Å². The maximum absolute atomic E-state index is 14.2. The van der Waals surface area contributed by atoms with Crippen LogP contribution in [0.15, 0.2) is 24.3 Å². The second-order valence-corrected chi connectivity index (χ2v) is 6.45. The Morgan fingerprint density at radius 2 is 1.42 bits per heavy atom. The molecule has 14 heteroatoms. The molecule has 5 nitrogen and oxygen atoms in total. The van der Waals surface area contributed by atoms with Gasteiger partial charge in [0.1, 0.15) is 0 Å². The Balaban J connectivity index is 2.28. The first-order chi connectivity index (χ1) is 14.0. The third kappa shape index (κ3) is 3.49. The minimum atomic E-state index is -6.76. The van der Waals surface area contributed by atoms with E-state index in [1.165, 1.54) is 10.2 Å². The van der Waals surface area contributed by atoms with Crippen molar-refractivity contribution in [2.24, 2.45) is 0 Å². The molecule has 0 spiro atoms. The lowest BCUT2D eigenvalue weighted by atomic mass is 9.99. The molecule has 1 saturated heterocycles. The van der Waals surface area contributed by atoms with Crippen molar-refractivity contribution in [2.75, 3.05) is 18.4 Å². The average Bonchev–Trinajstić information content (AvgIpc) is 2.77. The van der Waals surface area contributed by atoms with Gasteiger partial charge in [0.15, 0.2) is 0 Å². The largest absolute Gasteiger partial charge is 0.428 e. The maximum atomic E-state index is 14.2. The number of amides is 2. The van der Waals surface area contributed by atoms with Gasteiger partial charge in [-0.15, -0.1) is 0 Å². The van der Waals surface area contributed by atoms with Crippen LogP contribution in [0.3, 0.4) is 0 Å². The molecule has 1 aliphatic rings. The van der Waals surface area contributed by atoms with Gasteiger partial charge < -0.3 is 10.2 Å². The van der Waals surface area contributed by atoms with Crippen LogP contribution in [-0.2, 0) is 9.53 Å². The Bertz CT molecular complexity index is 857. The minimum absolute atomic E-state index is 0.0420. The lowest BCUT2D eigenvalue weighted by Gasteiger charge is -2.31. The molecular weight excluding hydrogens is 451 g/mol. The molecule has 1 atom stereocenters. The summed E-state index contributed by atoms with van der Waals surface area (Å²) in [4.78, 5) is 25.2. The molecule has 1 N–H and O–H groups in total. The van der Waals surface area contributed by atoms with Crippen molar-refractivity contribution < 1.29 is 53.8 Å². The number of carbonyl (C=O) groups excluding carboxylic acids is 2. The molecular formula is C17H15F9N2O3. The topological polar surface area (TPSA) is 58.6 Å². The summed E-state index contributed by atoms with van der Waals surface area (Å²) in [5, 5.41) is 1.24. The number of anilines is 1. The Labute approximate surface area is 169 Å². The number of alkyl halides is 9. The van der Waals surface area contributed by atoms with Crippen LogP contribution < -0.4 is 5.32 Å². The summed E-state index contributed by atoms with van der Waals surface area (Å²) in [5.41, 5.74) is -0.551. The number of rotatable bonds is 6. The van der Waals surface area contributed by atoms with Crippen LogP contribution in [0, 0.1) is 0 Å². The van der Waals surface area contributed by atoms with E-state index in [-0.39, 0.29) is 5.56 Å². The molecule has 1 fully saturated rings. The van der Waals surface area contributed by atoms with Gasteiger partial charge in [-0.25, -0.2) is 0 Å². The van der Waals surface area contributed by atoms with Crippen LogP contribution >= 0.6 is 0 Å². The first-order valence-corrected chi connectivity index (χ1v) is 8.61. The highest BCUT2D eigenvalue weighted by Gasteiger charge is 2.96. The molecule has 0 aromatic heterocycles. The molecule has 174 valence electrons. The van der Waals surface area contributed by atoms with Gasteiger partial charge in [0, 0.05) is 24.3 Å². The summed E-state index contributed by atoms with van der Waals surface area (Å²) >= 11 is 0. The molecule has 0 aliphatic carbocycles. The number of carbonyl (C=O) groups is 2. The summed E-state index contributed by atoms with van der Waals surface area (Å²) in [6.45, 7) is 4.03. The molecule has 0 bridgehead atoms. The van der Waals surface area contributed by atoms with Crippen LogP contribution in [0.25, 0.3) is 0 Å². The Morgan fingerprint density at radius 1 is 0.935 bits per heavy atom. The van der Waals surface area contributed by atoms with Crippen molar-refractivity contribution in [1.82, 2.24) is 4.90 Å². The molecule has 2 rings (SSSR count). The summed E-state index contributed by atoms with van der Waals surface area (Å²) < 4.78 is 124. The zero-order chi connectivity index (χ0) is 24.0. The zero-order valence-electron chi connectivity index (χ0n) is 15.8. The molecule has 1 aliphatic heterocycles. The molecule has 2 amide bonds. The summed E-state index contributed by atoms with van der Waals surface area (Å²) in [7, 11) is 0. The predicted molar refractivity (Wildman–Crippen MR) is 87.0 cm³/mol. The van der Waals surface area contributed by atoms with E-state index in [1.54, 1.807) is 13.8 Å². The maximum Gasteiger partial charge on any atom is 0.428 e. The summed E-state index contributed by atoms with van der Waals surface area (Å²) in [5.74, 6) is -29.4. The van der Waals surface area contributed by atoms with E-state index in [1.807, 2.05) is 0 Å². The SMILES string of the molecule is CCN(CC)C(=O)c1ccc(NC(=O)C(F)(F)[C@@]2(F)OC(F)(F)C(F)(F)C2(F)F)cc1. The smallest absolute Gasteiger partial charge is 0.339 e. The fourth-order valence-corrected chi connectivity index (χ4v) is 2.70. The van der Waals surface area contributed by atoms with Gasteiger partial charge in [0.25, 0.3) is 5.91 Å². The van der Waals surface area contributed by atoms with E-state index in [9.17, 15) is 49.1 Å². The highest BCUT2D eigenvalue weighted by Crippen LogP contribution is 2.64. The molecule has 0 unspecified atom stereocenters. The van der Waals surface area contributed by atoms with Gasteiger partial charge in [-0.05, 0) is 38.1 Å². The Hall–Kier alpha value is -2.51. The molecule has 0 saturated carbocycles. The number of ether oxygens (including phenoxy) is 1. The highest BCUT2D eigenvalue weighted by molar-refractivity contribution is 5.98. The predicted octanol–water partition coefficient (Wildman–Crippen LogP) is 4.30. The lowest BCUT2D eigenvalue weighted by Crippen LogP contribution is -2.63. The third-order valence-electron chi connectivity index (χ3n) is 4.56. The van der Waals surface area contributed by atoms with E-state index >= 15 is 0 Å². The zero-order valence-corrected chi connectivity index (χ0v) is 15.8. The van der Waals surface area contributed by atoms with Crippen molar-refractivity contribution >= 4 is 17.5 Å². The second-order valence-electron chi connectivity index (χ2n) is 6.45. The highest BCUT2D eigenvalue weighted by atomic mass is 19.4. The van der Waals surface area contributed by atoms with Crippen LogP contribution in [0.5, 0.6) is 0 Å². The second kappa shape index (κ2) is 7.57. The van der Waals surface area contributed by atoms with Crippen molar-refractivity contribution in [2.45, 2.75) is 43.6 Å². The van der Waals surface area contributed by atoms with Crippen LogP contribution in [0.1, 0.15) is 24.2 Å². The van der Waals surface area contributed by atoms with E-state index in [0.29, 0.717) is 13.1 Å². The standard InChI is InChI=1S/C17H15F9N2O3/c1-3-28(4-2)11(29)9-5-7-10(8-6-9)27-12(30)13(18,19)16(24)14(20,21)15(22,23)17(25,26)31-16/h5-8H,3-4H2,1-2H3,(H,27,30)/t16-/m1/s1. The van der Waals surface area contributed by atoms with Crippen LogP contribution in [0.4, 0.5) is 45.2 Å². The number of hydrogen-bond acceptors (Lipinski definition) is 3. The molecule has 31 heavy (non-hydrogen) atoms. The number of hydrogen-bond donors (Lipinski definition) is 1. The lowest BCUT2D eigenvalue weighted by molar-refractivity contribution is -0.366. The molecule has 1 aromatic carbocycles. The summed E-state index contributed by atoms with van der Waals surface area (Å²) in [6.07, 6.45) is -6.32. The van der Waals surface area contributed by atoms with E-state index in [4.69, 9.17) is 0 Å². The van der Waals surface area contributed by atoms with Crippen molar-refractivity contribution in [3.63, 3.8) is 0 Å². The van der Waals surface area contributed by atoms with Crippen molar-refractivity contribution in [3.8, 4) is 0 Å². The van der Waals surface area contributed by atoms with Crippen molar-refractivity contribution in [1.29, 1.82) is 0 Å². The van der Waals surface area contributed by atoms with E-state index < -0.39 is 47.2 Å². The first kappa shape index (κ1) is 24.8. The number of halogens is 9. The minimum Gasteiger partial charge on any atom is -0.339 e.